The van der Waals surface area contributed by atoms with Gasteiger partial charge in [-0.1, -0.05) is 12.1 Å². The zero-order chi connectivity index (χ0) is 12.3. The predicted octanol–water partition coefficient (Wildman–Crippen LogP) is 2.01. The van der Waals surface area contributed by atoms with Crippen LogP contribution in [0.1, 0.15) is 24.0 Å². The van der Waals surface area contributed by atoms with E-state index >= 15 is 0 Å². The number of hydrogen-bond acceptors (Lipinski definition) is 2. The van der Waals surface area contributed by atoms with Crippen LogP contribution in [0.5, 0.6) is 5.75 Å². The molecule has 0 fully saturated rings. The fraction of sp³-hybridized carbons (Fsp3) is 0.400. The molecule has 1 N–H and O–H groups in total. The van der Waals surface area contributed by atoms with Gasteiger partial charge < -0.3 is 10.0 Å². The van der Waals surface area contributed by atoms with Crippen LogP contribution in [0.15, 0.2) is 24.3 Å². The van der Waals surface area contributed by atoms with Crippen molar-refractivity contribution < 1.29 is 10.6 Å². The Hall–Kier alpha value is -1.02. The first-order chi connectivity index (χ1) is 7.43. The first-order valence-corrected chi connectivity index (χ1v) is 3.69. The van der Waals surface area contributed by atoms with E-state index in [1.165, 1.54) is 12.1 Å². The Bertz CT molecular complexity index is 337. The monoisotopic (exact) mass is 169 g/mol. The van der Waals surface area contributed by atoms with Gasteiger partial charge in [-0.05, 0) is 38.6 Å². The Morgan fingerprint density at radius 3 is 2.83 bits per heavy atom. The van der Waals surface area contributed by atoms with E-state index in [0.29, 0.717) is 5.56 Å². The first-order valence-electron chi connectivity index (χ1n) is 5.99. The number of nitrogens with zero attached hydrogens (tertiary/aromatic N) is 1. The van der Waals surface area contributed by atoms with E-state index in [0.717, 1.165) is 4.90 Å². The van der Waals surface area contributed by atoms with Crippen LogP contribution in [-0.2, 0) is 0 Å². The molecular formula is C10H15NO. The lowest BCUT2D eigenvalue weighted by Crippen LogP contribution is -2.16. The second-order valence-corrected chi connectivity index (χ2v) is 2.72. The molecule has 0 aromatic heterocycles. The molecule has 0 unspecified atom stereocenters. The first kappa shape index (κ1) is 4.87. The van der Waals surface area contributed by atoms with Gasteiger partial charge in [-0.25, -0.2) is 0 Å². The summed E-state index contributed by atoms with van der Waals surface area (Å²) in [7, 11) is 0. The van der Waals surface area contributed by atoms with Crippen LogP contribution in [0.25, 0.3) is 0 Å². The Morgan fingerprint density at radius 1 is 1.50 bits per heavy atom. The summed E-state index contributed by atoms with van der Waals surface area (Å²) in [4.78, 5) is 1.11. The molecule has 2 heteroatoms. The molecule has 0 saturated carbocycles. The second kappa shape index (κ2) is 3.59. The summed E-state index contributed by atoms with van der Waals surface area (Å²) >= 11 is 0. The van der Waals surface area contributed by atoms with Crippen LogP contribution in [0.4, 0.5) is 0 Å². The molecule has 66 valence electrons. The molecule has 1 rings (SSSR count). The molecule has 0 aliphatic rings. The topological polar surface area (TPSA) is 23.5 Å². The van der Waals surface area contributed by atoms with Gasteiger partial charge in [-0.3, -0.25) is 0 Å². The van der Waals surface area contributed by atoms with Crippen LogP contribution in [-0.4, -0.2) is 24.0 Å². The predicted molar refractivity (Wildman–Crippen MR) is 50.2 cm³/mol. The molecule has 1 atom stereocenters. The molecule has 0 aliphatic heterocycles. The zero-order valence-corrected chi connectivity index (χ0v) is 6.94. The molecule has 0 heterocycles. The summed E-state index contributed by atoms with van der Waals surface area (Å²) in [5.41, 5.74) is 0.689. The Labute approximate surface area is 79.1 Å². The fourth-order valence-electron chi connectivity index (χ4n) is 0.957. The van der Waals surface area contributed by atoms with Crippen molar-refractivity contribution in [3.63, 3.8) is 0 Å². The van der Waals surface area contributed by atoms with Crippen molar-refractivity contribution in [1.29, 1.82) is 0 Å². The van der Waals surface area contributed by atoms with Crippen molar-refractivity contribution >= 4 is 0 Å². The fourth-order valence-corrected chi connectivity index (χ4v) is 0.957. The van der Waals surface area contributed by atoms with Crippen LogP contribution >= 0.6 is 0 Å². The minimum Gasteiger partial charge on any atom is -0.508 e. The lowest BCUT2D eigenvalue weighted by Gasteiger charge is -2.19. The number of hydrogen-bond donors (Lipinski definition) is 1. The molecule has 12 heavy (non-hydrogen) atoms. The van der Waals surface area contributed by atoms with Crippen molar-refractivity contribution in [2.75, 3.05) is 14.0 Å². The van der Waals surface area contributed by atoms with Gasteiger partial charge in [0.25, 0.3) is 0 Å². The highest BCUT2D eigenvalue weighted by molar-refractivity contribution is 5.28. The van der Waals surface area contributed by atoms with Crippen LogP contribution in [0.2, 0.25) is 0 Å². The molecule has 0 radical (unpaired) electrons. The summed E-state index contributed by atoms with van der Waals surface area (Å²) in [6.07, 6.45) is 0. The molecule has 0 aliphatic carbocycles. The third kappa shape index (κ3) is 1.98. The quantitative estimate of drug-likeness (QED) is 0.732. The minimum absolute atomic E-state index is 0.0994. The molecule has 1 aromatic rings. The molecule has 0 spiro atoms. The summed E-state index contributed by atoms with van der Waals surface area (Å²) < 4.78 is 29.2. The molecule has 1 aromatic carbocycles. The third-order valence-electron chi connectivity index (χ3n) is 1.80. The highest BCUT2D eigenvalue weighted by Gasteiger charge is 2.06. The summed E-state index contributed by atoms with van der Waals surface area (Å²) in [6, 6.07) is 6.01. The van der Waals surface area contributed by atoms with Crippen molar-refractivity contribution in [3.8, 4) is 5.75 Å². The average Bonchev–Trinajstić information content (AvgIpc) is 2.16. The SMILES string of the molecule is [2H]C([2H])N(C([2H])[2H])[C@@H](C)c1cccc(O)c1. The molecular weight excluding hydrogens is 150 g/mol. The lowest BCUT2D eigenvalue weighted by atomic mass is 10.1. The van der Waals surface area contributed by atoms with E-state index in [1.54, 1.807) is 19.1 Å². The number of benzene rings is 1. The number of phenols is 1. The van der Waals surface area contributed by atoms with Gasteiger partial charge in [0, 0.05) is 11.5 Å². The van der Waals surface area contributed by atoms with E-state index in [1.807, 2.05) is 0 Å². The zero-order valence-electron chi connectivity index (χ0n) is 10.9. The van der Waals surface area contributed by atoms with Gasteiger partial charge in [0.2, 0.25) is 0 Å². The van der Waals surface area contributed by atoms with Gasteiger partial charge in [-0.15, -0.1) is 0 Å². The largest absolute Gasteiger partial charge is 0.508 e. The molecule has 0 bridgehead atoms. The molecule has 2 nitrogen and oxygen atoms in total. The van der Waals surface area contributed by atoms with Crippen LogP contribution in [0.3, 0.4) is 0 Å². The van der Waals surface area contributed by atoms with E-state index in [-0.39, 0.29) is 5.75 Å². The van der Waals surface area contributed by atoms with Gasteiger partial charge in [0.1, 0.15) is 5.75 Å². The number of aromatic hydroxyl groups is 1. The summed E-state index contributed by atoms with van der Waals surface area (Å²) in [5, 5.41) is 9.31. The minimum atomic E-state index is -1.38. The molecule has 0 saturated heterocycles. The van der Waals surface area contributed by atoms with Crippen molar-refractivity contribution in [1.82, 2.24) is 4.90 Å². The smallest absolute Gasteiger partial charge is 0.115 e. The normalized spacial score (nSPS) is 18.7. The maximum atomic E-state index is 9.31. The Morgan fingerprint density at radius 2 is 2.25 bits per heavy atom. The van der Waals surface area contributed by atoms with E-state index in [9.17, 15) is 5.11 Å². The Kier molecular flexibility index (Phi) is 1.46. The number of rotatable bonds is 2. The third-order valence-corrected chi connectivity index (χ3v) is 1.80. The summed E-state index contributed by atoms with van der Waals surface area (Å²) in [5.74, 6) is 0.0994. The standard InChI is InChI=1S/C10H15NO/c1-8(11(2)3)9-5-4-6-10(12)7-9/h4-8,12H,1-3H3/t8-/m0/s1/i2D2,3D2. The van der Waals surface area contributed by atoms with Gasteiger partial charge >= 0.3 is 0 Å². The average molecular weight is 169 g/mol. The van der Waals surface area contributed by atoms with Gasteiger partial charge in [0.05, 0.1) is 0 Å². The van der Waals surface area contributed by atoms with E-state index in [2.05, 4.69) is 0 Å². The van der Waals surface area contributed by atoms with Gasteiger partial charge in [-0.2, -0.15) is 0 Å². The highest BCUT2D eigenvalue weighted by Crippen LogP contribution is 2.20. The van der Waals surface area contributed by atoms with Crippen LogP contribution in [0, 0.1) is 0 Å². The van der Waals surface area contributed by atoms with Crippen molar-refractivity contribution in [2.45, 2.75) is 13.0 Å². The van der Waals surface area contributed by atoms with Crippen molar-refractivity contribution in [3.05, 3.63) is 29.8 Å². The second-order valence-electron chi connectivity index (χ2n) is 2.72. The Balaban J connectivity index is 2.94. The van der Waals surface area contributed by atoms with Crippen LogP contribution < -0.4 is 0 Å². The molecule has 0 amide bonds. The van der Waals surface area contributed by atoms with E-state index < -0.39 is 20.0 Å². The maximum Gasteiger partial charge on any atom is 0.115 e. The van der Waals surface area contributed by atoms with Crippen molar-refractivity contribution in [2.24, 2.45) is 0 Å². The maximum absolute atomic E-state index is 9.31. The number of phenolic OH excluding ortho intramolecular Hbond substituents is 1. The van der Waals surface area contributed by atoms with Gasteiger partial charge in [0.15, 0.2) is 0 Å². The highest BCUT2D eigenvalue weighted by atomic mass is 16.3. The van der Waals surface area contributed by atoms with E-state index in [4.69, 9.17) is 5.48 Å². The summed E-state index contributed by atoms with van der Waals surface area (Å²) in [6.45, 7) is -1.05. The lowest BCUT2D eigenvalue weighted by molar-refractivity contribution is 0.320.